The van der Waals surface area contributed by atoms with Crippen molar-refractivity contribution >= 4 is 34.9 Å². The predicted octanol–water partition coefficient (Wildman–Crippen LogP) is 4.20. The van der Waals surface area contributed by atoms with Gasteiger partial charge in [0, 0.05) is 37.4 Å². The molecule has 1 saturated heterocycles. The Morgan fingerprint density at radius 1 is 0.971 bits per heavy atom. The number of hydrogen-bond acceptors (Lipinski definition) is 6. The maximum absolute atomic E-state index is 12.8. The van der Waals surface area contributed by atoms with Gasteiger partial charge in [0.1, 0.15) is 12.3 Å². The van der Waals surface area contributed by atoms with Crippen LogP contribution in [0, 0.1) is 11.3 Å². The highest BCUT2D eigenvalue weighted by Gasteiger charge is 2.33. The summed E-state index contributed by atoms with van der Waals surface area (Å²) >= 11 is 1.46. The van der Waals surface area contributed by atoms with Crippen LogP contribution in [0.25, 0.3) is 5.70 Å². The largest absolute Gasteiger partial charge is 0.367 e. The Labute approximate surface area is 202 Å². The summed E-state index contributed by atoms with van der Waals surface area (Å²) in [6, 6.07) is 23.3. The Hall–Kier alpha value is -3.89. The van der Waals surface area contributed by atoms with Crippen molar-refractivity contribution < 1.29 is 9.59 Å². The number of nitrogens with zero attached hydrogens (tertiary/aromatic N) is 4. The molecule has 3 heterocycles. The molecule has 0 spiro atoms. The molecule has 1 unspecified atom stereocenters. The first-order chi connectivity index (χ1) is 16.7. The van der Waals surface area contributed by atoms with Gasteiger partial charge >= 0.3 is 0 Å². The number of benzene rings is 2. The van der Waals surface area contributed by atoms with E-state index < -0.39 is 6.04 Å². The molecule has 0 aliphatic carbocycles. The molecule has 34 heavy (non-hydrogen) atoms. The minimum atomic E-state index is -0.479. The molecule has 1 fully saturated rings. The predicted molar refractivity (Wildman–Crippen MR) is 133 cm³/mol. The van der Waals surface area contributed by atoms with E-state index in [0.29, 0.717) is 38.3 Å². The van der Waals surface area contributed by atoms with E-state index in [-0.39, 0.29) is 5.91 Å². The van der Waals surface area contributed by atoms with E-state index >= 15 is 0 Å². The van der Waals surface area contributed by atoms with Crippen LogP contribution in [0.15, 0.2) is 77.7 Å². The fourth-order valence-electron chi connectivity index (χ4n) is 4.79. The lowest BCUT2D eigenvalue weighted by Gasteiger charge is -2.42. The van der Waals surface area contributed by atoms with E-state index in [9.17, 15) is 14.9 Å². The summed E-state index contributed by atoms with van der Waals surface area (Å²) < 4.78 is 0. The second-order valence-electron chi connectivity index (χ2n) is 8.33. The first kappa shape index (κ1) is 21.9. The smallest absolute Gasteiger partial charge is 0.264 e. The maximum atomic E-state index is 12.8. The quantitative estimate of drug-likeness (QED) is 0.525. The number of nitriles is 1. The maximum Gasteiger partial charge on any atom is 0.264 e. The SMILES string of the molecule is N#CC1=C(N2CCN(C(=O)c3cccs3)CC2)c2ccccc2N(C(C=O)c2ccccc2)C1. The van der Waals surface area contributed by atoms with Crippen molar-refractivity contribution in [3.05, 3.63) is 93.7 Å². The number of amides is 1. The number of anilines is 1. The molecular weight excluding hydrogens is 444 g/mol. The van der Waals surface area contributed by atoms with E-state index in [1.807, 2.05) is 81.9 Å². The van der Waals surface area contributed by atoms with Crippen molar-refractivity contribution in [2.75, 3.05) is 37.6 Å². The molecule has 0 bridgehead atoms. The van der Waals surface area contributed by atoms with Crippen LogP contribution in [0.1, 0.15) is 26.8 Å². The van der Waals surface area contributed by atoms with E-state index in [1.54, 1.807) is 0 Å². The Morgan fingerprint density at radius 2 is 1.71 bits per heavy atom. The molecule has 5 rings (SSSR count). The van der Waals surface area contributed by atoms with E-state index in [0.717, 1.165) is 33.7 Å². The van der Waals surface area contributed by atoms with Gasteiger partial charge in [-0.05, 0) is 23.1 Å². The van der Waals surface area contributed by atoms with Gasteiger partial charge in [0.15, 0.2) is 0 Å². The van der Waals surface area contributed by atoms with Crippen LogP contribution in [-0.4, -0.2) is 54.7 Å². The number of carbonyl (C=O) groups excluding carboxylic acids is 2. The summed E-state index contributed by atoms with van der Waals surface area (Å²) in [5, 5.41) is 12.0. The molecular formula is C27H24N4O2S. The Balaban J connectivity index is 1.44. The number of thiophene rings is 1. The summed E-state index contributed by atoms with van der Waals surface area (Å²) in [5.41, 5.74) is 4.34. The van der Waals surface area contributed by atoms with Crippen molar-refractivity contribution in [3.8, 4) is 6.07 Å². The first-order valence-corrected chi connectivity index (χ1v) is 12.2. The van der Waals surface area contributed by atoms with Crippen LogP contribution >= 0.6 is 11.3 Å². The van der Waals surface area contributed by atoms with Crippen LogP contribution in [0.4, 0.5) is 5.69 Å². The normalized spacial score (nSPS) is 16.6. The minimum absolute atomic E-state index is 0.0658. The average molecular weight is 469 g/mol. The van der Waals surface area contributed by atoms with Gasteiger partial charge in [0.05, 0.1) is 28.8 Å². The molecule has 7 heteroatoms. The van der Waals surface area contributed by atoms with Crippen molar-refractivity contribution in [3.63, 3.8) is 0 Å². The molecule has 0 N–H and O–H groups in total. The highest BCUT2D eigenvalue weighted by atomic mass is 32.1. The Bertz CT molecular complexity index is 1260. The summed E-state index contributed by atoms with van der Waals surface area (Å²) in [6.07, 6.45) is 0.945. The van der Waals surface area contributed by atoms with Gasteiger partial charge in [-0.25, -0.2) is 0 Å². The molecule has 0 radical (unpaired) electrons. The Morgan fingerprint density at radius 3 is 2.38 bits per heavy atom. The summed E-state index contributed by atoms with van der Waals surface area (Å²) in [6.45, 7) is 2.87. The summed E-state index contributed by atoms with van der Waals surface area (Å²) in [4.78, 5) is 31.8. The van der Waals surface area contributed by atoms with Gasteiger partial charge in [-0.1, -0.05) is 54.6 Å². The highest BCUT2D eigenvalue weighted by Crippen LogP contribution is 2.40. The van der Waals surface area contributed by atoms with Gasteiger partial charge < -0.3 is 19.5 Å². The molecule has 6 nitrogen and oxygen atoms in total. The zero-order chi connectivity index (χ0) is 23.5. The molecule has 1 amide bonds. The van der Waals surface area contributed by atoms with Crippen LogP contribution in [0.5, 0.6) is 0 Å². The zero-order valence-electron chi connectivity index (χ0n) is 18.6. The van der Waals surface area contributed by atoms with E-state index in [2.05, 4.69) is 11.0 Å². The van der Waals surface area contributed by atoms with Gasteiger partial charge in [-0.2, -0.15) is 5.26 Å². The molecule has 0 saturated carbocycles. The molecule has 3 aromatic rings. The number of rotatable bonds is 5. The number of carbonyl (C=O) groups is 2. The van der Waals surface area contributed by atoms with Crippen LogP contribution in [0.2, 0.25) is 0 Å². The van der Waals surface area contributed by atoms with E-state index in [4.69, 9.17) is 0 Å². The van der Waals surface area contributed by atoms with Crippen molar-refractivity contribution in [2.45, 2.75) is 6.04 Å². The number of piperazine rings is 1. The van der Waals surface area contributed by atoms with Gasteiger partial charge in [-0.15, -0.1) is 11.3 Å². The van der Waals surface area contributed by atoms with Crippen molar-refractivity contribution in [1.82, 2.24) is 9.80 Å². The first-order valence-electron chi connectivity index (χ1n) is 11.3. The lowest BCUT2D eigenvalue weighted by Crippen LogP contribution is -2.49. The lowest BCUT2D eigenvalue weighted by molar-refractivity contribution is -0.109. The van der Waals surface area contributed by atoms with Crippen molar-refractivity contribution in [1.29, 1.82) is 5.26 Å². The van der Waals surface area contributed by atoms with Crippen LogP contribution < -0.4 is 4.90 Å². The third kappa shape index (κ3) is 3.97. The highest BCUT2D eigenvalue weighted by molar-refractivity contribution is 7.12. The average Bonchev–Trinajstić information content (AvgIpc) is 3.44. The third-order valence-corrected chi connectivity index (χ3v) is 7.30. The third-order valence-electron chi connectivity index (χ3n) is 6.44. The fourth-order valence-corrected chi connectivity index (χ4v) is 5.48. The van der Waals surface area contributed by atoms with Crippen molar-refractivity contribution in [2.24, 2.45) is 0 Å². The number of para-hydroxylation sites is 1. The molecule has 2 aliphatic rings. The monoisotopic (exact) mass is 468 g/mol. The number of aldehydes is 1. The second-order valence-corrected chi connectivity index (χ2v) is 9.28. The number of hydrogen-bond donors (Lipinski definition) is 0. The fraction of sp³-hybridized carbons (Fsp3) is 0.222. The summed E-state index contributed by atoms with van der Waals surface area (Å²) in [7, 11) is 0. The molecule has 2 aromatic carbocycles. The van der Waals surface area contributed by atoms with Crippen LogP contribution in [-0.2, 0) is 4.79 Å². The standard InChI is InChI=1S/C27H24N4O2S/c28-17-21-18-31(24(19-32)20-7-2-1-3-8-20)23-10-5-4-9-22(23)26(21)29-12-14-30(15-13-29)27(33)25-11-6-16-34-25/h1-11,16,19,24H,12-15,18H2. The zero-order valence-corrected chi connectivity index (χ0v) is 19.4. The lowest BCUT2D eigenvalue weighted by atomic mass is 9.94. The molecule has 1 atom stereocenters. The summed E-state index contributed by atoms with van der Waals surface area (Å²) in [5.74, 6) is 0.0658. The van der Waals surface area contributed by atoms with Gasteiger partial charge in [0.25, 0.3) is 5.91 Å². The second kappa shape index (κ2) is 9.54. The topological polar surface area (TPSA) is 67.7 Å². The van der Waals surface area contributed by atoms with E-state index in [1.165, 1.54) is 11.3 Å². The molecule has 2 aliphatic heterocycles. The van der Waals surface area contributed by atoms with Gasteiger partial charge in [0.2, 0.25) is 0 Å². The molecule has 170 valence electrons. The van der Waals surface area contributed by atoms with Crippen LogP contribution in [0.3, 0.4) is 0 Å². The Kier molecular flexibility index (Phi) is 6.15. The van der Waals surface area contributed by atoms with Gasteiger partial charge in [-0.3, -0.25) is 4.79 Å². The minimum Gasteiger partial charge on any atom is -0.367 e. The number of fused-ring (bicyclic) bond motifs is 1. The molecule has 1 aromatic heterocycles.